The maximum Gasteiger partial charge on any atom is 0.340 e. The molecule has 0 saturated carbocycles. The molecule has 0 saturated heterocycles. The van der Waals surface area contributed by atoms with Crippen molar-refractivity contribution < 1.29 is 14.3 Å². The number of thiazole rings is 1. The van der Waals surface area contributed by atoms with Crippen LogP contribution in [0.4, 0.5) is 5.13 Å². The van der Waals surface area contributed by atoms with Crippen LogP contribution in [-0.4, -0.2) is 28.5 Å². The van der Waals surface area contributed by atoms with Crippen LogP contribution in [0, 0.1) is 0 Å². The van der Waals surface area contributed by atoms with Gasteiger partial charge in [-0.15, -0.1) is 0 Å². The molecule has 2 heterocycles. The van der Waals surface area contributed by atoms with Gasteiger partial charge in [-0.05, 0) is 22.0 Å². The molecular weight excluding hydrogens is 405 g/mol. The van der Waals surface area contributed by atoms with Crippen LogP contribution in [0.25, 0.3) is 0 Å². The Labute approximate surface area is 141 Å². The summed E-state index contributed by atoms with van der Waals surface area (Å²) in [6.45, 7) is -0.448. The number of rotatable bonds is 4. The summed E-state index contributed by atoms with van der Waals surface area (Å²) in [6.07, 6.45) is 2.76. The number of halogens is 3. The molecule has 0 radical (unpaired) electrons. The second kappa shape index (κ2) is 7.17. The number of carbonyl (C=O) groups excluding carboxylic acids is 2. The van der Waals surface area contributed by atoms with Crippen LogP contribution < -0.4 is 5.32 Å². The van der Waals surface area contributed by atoms with Crippen molar-refractivity contribution >= 4 is 67.5 Å². The number of anilines is 1. The largest absolute Gasteiger partial charge is 0.452 e. The van der Waals surface area contributed by atoms with E-state index in [1.165, 1.54) is 23.6 Å². The number of esters is 1. The van der Waals surface area contributed by atoms with E-state index in [4.69, 9.17) is 27.9 Å². The van der Waals surface area contributed by atoms with Gasteiger partial charge in [0.05, 0.1) is 20.6 Å². The standard InChI is InChI=1S/C11H6BrCl2N3O3S/c12-7-3-16-11(21-7)17-8(18)4-20-10(19)5-1-6(13)9(14)15-2-5/h1-3H,4H2,(H,16,17,18). The lowest BCUT2D eigenvalue weighted by molar-refractivity contribution is -0.119. The summed E-state index contributed by atoms with van der Waals surface area (Å²) in [5, 5.41) is 3.10. The smallest absolute Gasteiger partial charge is 0.340 e. The molecule has 1 amide bonds. The summed E-state index contributed by atoms with van der Waals surface area (Å²) >= 11 is 15.8. The number of hydrogen-bond acceptors (Lipinski definition) is 6. The molecule has 0 spiro atoms. The average molecular weight is 411 g/mol. The van der Waals surface area contributed by atoms with E-state index < -0.39 is 18.5 Å². The first-order chi connectivity index (χ1) is 9.95. The number of amides is 1. The van der Waals surface area contributed by atoms with Crippen molar-refractivity contribution in [1.29, 1.82) is 0 Å². The summed E-state index contributed by atoms with van der Waals surface area (Å²) < 4.78 is 5.61. The Morgan fingerprint density at radius 3 is 2.71 bits per heavy atom. The summed E-state index contributed by atoms with van der Waals surface area (Å²) in [5.41, 5.74) is 0.106. The van der Waals surface area contributed by atoms with E-state index in [0.29, 0.717) is 5.13 Å². The van der Waals surface area contributed by atoms with Gasteiger partial charge in [-0.25, -0.2) is 14.8 Å². The fourth-order valence-electron chi connectivity index (χ4n) is 1.21. The maximum absolute atomic E-state index is 11.7. The Bertz CT molecular complexity index is 695. The third kappa shape index (κ3) is 4.63. The van der Waals surface area contributed by atoms with Gasteiger partial charge in [-0.2, -0.15) is 0 Å². The highest BCUT2D eigenvalue weighted by molar-refractivity contribution is 9.11. The normalized spacial score (nSPS) is 10.2. The van der Waals surface area contributed by atoms with E-state index in [-0.39, 0.29) is 15.7 Å². The van der Waals surface area contributed by atoms with Crippen molar-refractivity contribution in [3.05, 3.63) is 38.0 Å². The van der Waals surface area contributed by atoms with Crippen molar-refractivity contribution in [2.75, 3.05) is 11.9 Å². The molecule has 0 fully saturated rings. The molecule has 0 aliphatic heterocycles. The van der Waals surface area contributed by atoms with Gasteiger partial charge in [0, 0.05) is 6.20 Å². The zero-order chi connectivity index (χ0) is 15.4. The van der Waals surface area contributed by atoms with Crippen LogP contribution in [0.1, 0.15) is 10.4 Å². The minimum atomic E-state index is -0.725. The third-order valence-corrected chi connectivity index (χ3v) is 4.17. The average Bonchev–Trinajstić information content (AvgIpc) is 2.84. The van der Waals surface area contributed by atoms with E-state index in [9.17, 15) is 9.59 Å². The molecule has 0 aliphatic rings. The highest BCUT2D eigenvalue weighted by atomic mass is 79.9. The fraction of sp³-hybridized carbons (Fsp3) is 0.0909. The van der Waals surface area contributed by atoms with Crippen molar-refractivity contribution in [3.63, 3.8) is 0 Å². The van der Waals surface area contributed by atoms with Gasteiger partial charge < -0.3 is 4.74 Å². The second-order valence-corrected chi connectivity index (χ2v) is 6.77. The summed E-state index contributed by atoms with van der Waals surface area (Å²) in [4.78, 5) is 30.9. The predicted octanol–water partition coefficient (Wildman–Crippen LogP) is 3.40. The molecule has 1 N–H and O–H groups in total. The molecule has 0 atom stereocenters. The summed E-state index contributed by atoms with van der Waals surface area (Å²) in [7, 11) is 0. The molecule has 2 aromatic heterocycles. The lowest BCUT2D eigenvalue weighted by Crippen LogP contribution is -2.20. The third-order valence-electron chi connectivity index (χ3n) is 2.09. The highest BCUT2D eigenvalue weighted by Gasteiger charge is 2.13. The molecule has 0 aromatic carbocycles. The number of aromatic nitrogens is 2. The van der Waals surface area contributed by atoms with Crippen LogP contribution in [0.3, 0.4) is 0 Å². The minimum Gasteiger partial charge on any atom is -0.452 e. The van der Waals surface area contributed by atoms with Gasteiger partial charge in [-0.1, -0.05) is 34.5 Å². The van der Waals surface area contributed by atoms with Crippen LogP contribution in [0.2, 0.25) is 10.2 Å². The zero-order valence-electron chi connectivity index (χ0n) is 10.1. The molecule has 10 heteroatoms. The Morgan fingerprint density at radius 1 is 1.33 bits per heavy atom. The molecule has 2 rings (SSSR count). The van der Waals surface area contributed by atoms with Gasteiger partial charge >= 0.3 is 5.97 Å². The maximum atomic E-state index is 11.7. The Morgan fingerprint density at radius 2 is 2.10 bits per heavy atom. The first kappa shape index (κ1) is 16.2. The monoisotopic (exact) mass is 409 g/mol. The second-order valence-electron chi connectivity index (χ2n) is 3.59. The van der Waals surface area contributed by atoms with Crippen molar-refractivity contribution in [1.82, 2.24) is 9.97 Å². The highest BCUT2D eigenvalue weighted by Crippen LogP contribution is 2.23. The summed E-state index contributed by atoms with van der Waals surface area (Å²) in [6, 6.07) is 1.31. The van der Waals surface area contributed by atoms with Gasteiger partial charge in [0.2, 0.25) is 0 Å². The van der Waals surface area contributed by atoms with Crippen molar-refractivity contribution in [2.45, 2.75) is 0 Å². The van der Waals surface area contributed by atoms with Gasteiger partial charge in [0.25, 0.3) is 5.91 Å². The summed E-state index contributed by atoms with van der Waals surface area (Å²) in [5.74, 6) is -1.23. The van der Waals surface area contributed by atoms with E-state index in [2.05, 4.69) is 31.2 Å². The van der Waals surface area contributed by atoms with Gasteiger partial charge in [-0.3, -0.25) is 10.1 Å². The van der Waals surface area contributed by atoms with Crippen LogP contribution >= 0.6 is 50.5 Å². The van der Waals surface area contributed by atoms with E-state index in [1.807, 2.05) is 0 Å². The number of carbonyl (C=O) groups is 2. The number of nitrogens with zero attached hydrogens (tertiary/aromatic N) is 2. The van der Waals surface area contributed by atoms with Gasteiger partial charge in [0.15, 0.2) is 11.7 Å². The first-order valence-electron chi connectivity index (χ1n) is 5.35. The number of pyridine rings is 1. The van der Waals surface area contributed by atoms with Gasteiger partial charge in [0.1, 0.15) is 5.15 Å². The number of nitrogens with one attached hydrogen (secondary N) is 1. The number of hydrogen-bond donors (Lipinski definition) is 1. The van der Waals surface area contributed by atoms with Crippen molar-refractivity contribution in [3.8, 4) is 0 Å². The van der Waals surface area contributed by atoms with Crippen molar-refractivity contribution in [2.24, 2.45) is 0 Å². The zero-order valence-corrected chi connectivity index (χ0v) is 14.0. The van der Waals surface area contributed by atoms with Crippen LogP contribution in [0.15, 0.2) is 22.2 Å². The molecule has 6 nitrogen and oxygen atoms in total. The molecule has 2 aromatic rings. The molecule has 110 valence electrons. The topological polar surface area (TPSA) is 81.2 Å². The molecule has 0 unspecified atom stereocenters. The Hall–Kier alpha value is -1.22. The molecule has 21 heavy (non-hydrogen) atoms. The number of ether oxygens (including phenoxy) is 1. The first-order valence-corrected chi connectivity index (χ1v) is 7.71. The van der Waals surface area contributed by atoms with E-state index in [1.54, 1.807) is 6.20 Å². The SMILES string of the molecule is O=C(COC(=O)c1cnc(Cl)c(Cl)c1)Nc1ncc(Br)s1. The van der Waals surface area contributed by atoms with E-state index in [0.717, 1.165) is 3.79 Å². The Balaban J connectivity index is 1.88. The lowest BCUT2D eigenvalue weighted by atomic mass is 10.3. The quantitative estimate of drug-likeness (QED) is 0.617. The molecular formula is C11H6BrCl2N3O3S. The minimum absolute atomic E-state index is 0.0836. The fourth-order valence-corrected chi connectivity index (χ4v) is 2.61. The Kier molecular flexibility index (Phi) is 5.51. The predicted molar refractivity (Wildman–Crippen MR) is 83.0 cm³/mol. The van der Waals surface area contributed by atoms with Crippen LogP contribution in [-0.2, 0) is 9.53 Å². The van der Waals surface area contributed by atoms with Crippen LogP contribution in [0.5, 0.6) is 0 Å². The molecule has 0 bridgehead atoms. The molecule has 0 aliphatic carbocycles. The van der Waals surface area contributed by atoms with E-state index >= 15 is 0 Å². The lowest BCUT2D eigenvalue weighted by Gasteiger charge is -2.05.